The third kappa shape index (κ3) is 24.1. The summed E-state index contributed by atoms with van der Waals surface area (Å²) in [7, 11) is 0. The van der Waals surface area contributed by atoms with Crippen molar-refractivity contribution in [2.24, 2.45) is 5.92 Å². The summed E-state index contributed by atoms with van der Waals surface area (Å²) in [6.45, 7) is 10.3. The molecule has 1 unspecified atom stereocenters. The van der Waals surface area contributed by atoms with Crippen LogP contribution < -0.4 is 0 Å². The Morgan fingerprint density at radius 2 is 0.621 bits per heavy atom. The molecular formula is C29H58. The van der Waals surface area contributed by atoms with Gasteiger partial charge >= 0.3 is 0 Å². The molecule has 0 heterocycles. The highest BCUT2D eigenvalue weighted by atomic mass is 14.1. The van der Waals surface area contributed by atoms with Crippen LogP contribution in [-0.4, -0.2) is 0 Å². The Bertz CT molecular complexity index is 269. The zero-order chi connectivity index (χ0) is 21.3. The molecule has 0 amide bonds. The van der Waals surface area contributed by atoms with Gasteiger partial charge in [0.15, 0.2) is 0 Å². The summed E-state index contributed by atoms with van der Waals surface area (Å²) in [6.07, 6.45) is 35.6. The van der Waals surface area contributed by atoms with E-state index in [0.29, 0.717) is 0 Å². The molecule has 0 aromatic rings. The third-order valence-electron chi connectivity index (χ3n) is 6.80. The van der Waals surface area contributed by atoms with Crippen LogP contribution >= 0.6 is 0 Å². The lowest BCUT2D eigenvalue weighted by atomic mass is 9.92. The van der Waals surface area contributed by atoms with Crippen molar-refractivity contribution in [3.8, 4) is 0 Å². The van der Waals surface area contributed by atoms with E-state index in [1.54, 1.807) is 0 Å². The lowest BCUT2D eigenvalue weighted by molar-refractivity contribution is 0.393. The largest absolute Gasteiger partial charge is 0.0651 e. The molecule has 0 aliphatic rings. The molecule has 0 nitrogen and oxygen atoms in total. The van der Waals surface area contributed by atoms with Gasteiger partial charge in [-0.3, -0.25) is 0 Å². The molecule has 0 fully saturated rings. The van der Waals surface area contributed by atoms with Crippen LogP contribution in [0.15, 0.2) is 0 Å². The normalized spacial score (nSPS) is 12.5. The van der Waals surface area contributed by atoms with E-state index in [1.165, 1.54) is 148 Å². The molecule has 0 aliphatic carbocycles. The van der Waals surface area contributed by atoms with E-state index in [-0.39, 0.29) is 0 Å². The molecule has 0 bridgehead atoms. The van der Waals surface area contributed by atoms with Gasteiger partial charge < -0.3 is 0 Å². The van der Waals surface area contributed by atoms with E-state index in [4.69, 9.17) is 0 Å². The van der Waals surface area contributed by atoms with Crippen LogP contribution in [0.5, 0.6) is 0 Å². The molecule has 0 aromatic carbocycles. The minimum Gasteiger partial charge on any atom is -0.0651 e. The van der Waals surface area contributed by atoms with Crippen molar-refractivity contribution >= 4 is 0 Å². The molecular weight excluding hydrogens is 348 g/mol. The fourth-order valence-corrected chi connectivity index (χ4v) is 4.60. The fraction of sp³-hybridized carbons (Fsp3) is 0.931. The standard InChI is InChI=1S/C29H58/c1-4-7-9-11-12-13-14-15-16-17-18-19-20-21-22-24-26-28-29(6-3)27-25-23-10-8-5-2/h29H,1-2,4-28H2,3H3. The first kappa shape index (κ1) is 29.0. The molecule has 0 aliphatic heterocycles. The number of rotatable bonds is 25. The van der Waals surface area contributed by atoms with Gasteiger partial charge in [0, 0.05) is 0 Å². The first-order valence-electron chi connectivity index (χ1n) is 13.9. The summed E-state index contributed by atoms with van der Waals surface area (Å²) >= 11 is 0. The minimum absolute atomic E-state index is 1.00. The zero-order valence-electron chi connectivity index (χ0n) is 20.7. The van der Waals surface area contributed by atoms with Gasteiger partial charge in [0.2, 0.25) is 0 Å². The van der Waals surface area contributed by atoms with Crippen LogP contribution in [0.1, 0.15) is 167 Å². The van der Waals surface area contributed by atoms with Crippen LogP contribution in [0.4, 0.5) is 0 Å². The summed E-state index contributed by atoms with van der Waals surface area (Å²) in [5.74, 6) is 1.00. The van der Waals surface area contributed by atoms with Crippen molar-refractivity contribution < 1.29 is 0 Å². The van der Waals surface area contributed by atoms with Crippen molar-refractivity contribution in [3.05, 3.63) is 13.8 Å². The molecule has 0 spiro atoms. The Hall–Kier alpha value is 0. The molecule has 2 radical (unpaired) electrons. The van der Waals surface area contributed by atoms with Crippen LogP contribution in [0, 0.1) is 19.8 Å². The quantitative estimate of drug-likeness (QED) is 0.132. The first-order valence-corrected chi connectivity index (χ1v) is 13.9. The van der Waals surface area contributed by atoms with Gasteiger partial charge in [0.1, 0.15) is 0 Å². The highest BCUT2D eigenvalue weighted by molar-refractivity contribution is 4.59. The smallest absolute Gasteiger partial charge is 0.0417 e. The number of hydrogen-bond acceptors (Lipinski definition) is 0. The van der Waals surface area contributed by atoms with E-state index in [2.05, 4.69) is 20.8 Å². The summed E-state index contributed by atoms with van der Waals surface area (Å²) in [6, 6.07) is 0. The van der Waals surface area contributed by atoms with Crippen molar-refractivity contribution in [1.29, 1.82) is 0 Å². The zero-order valence-corrected chi connectivity index (χ0v) is 20.7. The maximum absolute atomic E-state index is 3.94. The van der Waals surface area contributed by atoms with Crippen molar-refractivity contribution in [1.82, 2.24) is 0 Å². The maximum atomic E-state index is 3.94. The molecule has 0 saturated heterocycles. The summed E-state index contributed by atoms with van der Waals surface area (Å²) < 4.78 is 0. The summed E-state index contributed by atoms with van der Waals surface area (Å²) in [4.78, 5) is 0. The Balaban J connectivity index is 3.18. The minimum atomic E-state index is 1.00. The number of unbranched alkanes of at least 4 members (excludes halogenated alkanes) is 20. The van der Waals surface area contributed by atoms with E-state index in [1.807, 2.05) is 0 Å². The van der Waals surface area contributed by atoms with Gasteiger partial charge in [0.05, 0.1) is 0 Å². The van der Waals surface area contributed by atoms with E-state index < -0.39 is 0 Å². The second-order valence-corrected chi connectivity index (χ2v) is 9.63. The average molecular weight is 407 g/mol. The van der Waals surface area contributed by atoms with Crippen molar-refractivity contribution in [2.45, 2.75) is 167 Å². The van der Waals surface area contributed by atoms with Gasteiger partial charge in [-0.25, -0.2) is 0 Å². The van der Waals surface area contributed by atoms with Crippen LogP contribution in [0.3, 0.4) is 0 Å². The molecule has 0 heteroatoms. The van der Waals surface area contributed by atoms with Crippen LogP contribution in [-0.2, 0) is 0 Å². The Labute approximate surface area is 187 Å². The molecule has 0 aromatic heterocycles. The first-order chi connectivity index (χ1) is 14.3. The van der Waals surface area contributed by atoms with Crippen LogP contribution in [0.25, 0.3) is 0 Å². The van der Waals surface area contributed by atoms with Crippen molar-refractivity contribution in [3.63, 3.8) is 0 Å². The Morgan fingerprint density at radius 3 is 0.862 bits per heavy atom. The summed E-state index contributed by atoms with van der Waals surface area (Å²) in [5, 5.41) is 0. The molecule has 174 valence electrons. The predicted octanol–water partition coefficient (Wildman–Crippen LogP) is 11.0. The second-order valence-electron chi connectivity index (χ2n) is 9.63. The second kappa shape index (κ2) is 26.0. The van der Waals surface area contributed by atoms with Gasteiger partial charge in [-0.05, 0) is 5.92 Å². The third-order valence-corrected chi connectivity index (χ3v) is 6.80. The van der Waals surface area contributed by atoms with Gasteiger partial charge in [-0.1, -0.05) is 181 Å². The molecule has 0 rings (SSSR count). The SMILES string of the molecule is [CH2]CCCCCCCCCCCCCCCCCCC(CC)CCCCCC[CH2]. The molecule has 0 N–H and O–H groups in total. The Kier molecular flexibility index (Phi) is 26.0. The molecule has 29 heavy (non-hydrogen) atoms. The maximum Gasteiger partial charge on any atom is -0.0417 e. The van der Waals surface area contributed by atoms with Gasteiger partial charge in [-0.15, -0.1) is 0 Å². The van der Waals surface area contributed by atoms with E-state index in [9.17, 15) is 0 Å². The monoisotopic (exact) mass is 406 g/mol. The number of hydrogen-bond donors (Lipinski definition) is 0. The lowest BCUT2D eigenvalue weighted by Gasteiger charge is -2.14. The highest BCUT2D eigenvalue weighted by Gasteiger charge is 2.05. The summed E-state index contributed by atoms with van der Waals surface area (Å²) in [5.41, 5.74) is 0. The molecule has 0 saturated carbocycles. The average Bonchev–Trinajstić information content (AvgIpc) is 2.74. The van der Waals surface area contributed by atoms with E-state index in [0.717, 1.165) is 18.8 Å². The topological polar surface area (TPSA) is 0 Å². The highest BCUT2D eigenvalue weighted by Crippen LogP contribution is 2.21. The van der Waals surface area contributed by atoms with Gasteiger partial charge in [-0.2, -0.15) is 0 Å². The van der Waals surface area contributed by atoms with E-state index >= 15 is 0 Å². The van der Waals surface area contributed by atoms with Crippen molar-refractivity contribution in [2.75, 3.05) is 0 Å². The lowest BCUT2D eigenvalue weighted by Crippen LogP contribution is -1.99. The van der Waals surface area contributed by atoms with Crippen LogP contribution in [0.2, 0.25) is 0 Å². The molecule has 1 atom stereocenters. The fourth-order valence-electron chi connectivity index (χ4n) is 4.60. The predicted molar refractivity (Wildman–Crippen MR) is 135 cm³/mol. The Morgan fingerprint density at radius 1 is 0.379 bits per heavy atom. The van der Waals surface area contributed by atoms with Gasteiger partial charge in [0.25, 0.3) is 0 Å².